The molecule has 5 heteroatoms. The molecule has 2 unspecified atom stereocenters. The van der Waals surface area contributed by atoms with Gasteiger partial charge in [0, 0.05) is 6.61 Å². The first-order chi connectivity index (χ1) is 6.76. The van der Waals surface area contributed by atoms with Crippen LogP contribution < -0.4 is 5.32 Å². The lowest BCUT2D eigenvalue weighted by molar-refractivity contribution is -0.149. The molecule has 0 radical (unpaired) electrons. The topological polar surface area (TPSA) is 56.8 Å². The molecular formula is C9H15NO4. The molecule has 0 aromatic rings. The first-order valence-corrected chi connectivity index (χ1v) is 4.77. The Labute approximate surface area is 82.7 Å². The van der Waals surface area contributed by atoms with E-state index in [2.05, 4.69) is 10.1 Å². The summed E-state index contributed by atoms with van der Waals surface area (Å²) in [5, 5.41) is 3.25. The highest BCUT2D eigenvalue weighted by Crippen LogP contribution is 2.23. The van der Waals surface area contributed by atoms with Gasteiger partial charge in [0.15, 0.2) is 0 Å². The smallest absolute Gasteiger partial charge is 0.325 e. The van der Waals surface area contributed by atoms with Crippen LogP contribution in [-0.2, 0) is 19.0 Å². The van der Waals surface area contributed by atoms with Crippen molar-refractivity contribution >= 4 is 5.97 Å². The Hall–Kier alpha value is -0.650. The summed E-state index contributed by atoms with van der Waals surface area (Å²) < 4.78 is 15.4. The largest absolute Gasteiger partial charge is 0.468 e. The van der Waals surface area contributed by atoms with Crippen molar-refractivity contribution in [1.82, 2.24) is 5.32 Å². The maximum Gasteiger partial charge on any atom is 0.325 e. The lowest BCUT2D eigenvalue weighted by atomic mass is 9.97. The molecule has 2 atom stereocenters. The molecule has 1 spiro atoms. The van der Waals surface area contributed by atoms with Crippen molar-refractivity contribution in [2.75, 3.05) is 33.5 Å². The summed E-state index contributed by atoms with van der Waals surface area (Å²) in [6, 6.07) is -0.351. The fraction of sp³-hybridized carbons (Fsp3) is 0.889. The van der Waals surface area contributed by atoms with Crippen molar-refractivity contribution in [3.05, 3.63) is 0 Å². The van der Waals surface area contributed by atoms with E-state index in [-0.39, 0.29) is 17.6 Å². The molecule has 0 amide bonds. The second-order valence-corrected chi connectivity index (χ2v) is 3.82. The molecule has 2 rings (SSSR count). The molecule has 0 aromatic carbocycles. The number of ether oxygens (including phenoxy) is 3. The first kappa shape index (κ1) is 9.89. The fourth-order valence-corrected chi connectivity index (χ4v) is 1.93. The van der Waals surface area contributed by atoms with E-state index in [1.807, 2.05) is 0 Å². The van der Waals surface area contributed by atoms with Gasteiger partial charge in [-0.25, -0.2) is 0 Å². The van der Waals surface area contributed by atoms with Gasteiger partial charge >= 0.3 is 5.97 Å². The van der Waals surface area contributed by atoms with E-state index in [1.165, 1.54) is 7.11 Å². The van der Waals surface area contributed by atoms with Crippen LogP contribution in [0.3, 0.4) is 0 Å². The van der Waals surface area contributed by atoms with Crippen molar-refractivity contribution < 1.29 is 19.0 Å². The average Bonchev–Trinajstić information content (AvgIpc) is 2.65. The molecule has 0 aliphatic carbocycles. The maximum atomic E-state index is 11.3. The van der Waals surface area contributed by atoms with Crippen LogP contribution in [0.1, 0.15) is 6.42 Å². The Kier molecular flexibility index (Phi) is 2.71. The van der Waals surface area contributed by atoms with Crippen LogP contribution in [0.25, 0.3) is 0 Å². The van der Waals surface area contributed by atoms with Crippen molar-refractivity contribution in [1.29, 1.82) is 0 Å². The number of carbonyl (C=O) groups is 1. The van der Waals surface area contributed by atoms with Gasteiger partial charge in [-0.3, -0.25) is 10.1 Å². The third-order valence-electron chi connectivity index (χ3n) is 2.73. The SMILES string of the molecule is COC(=O)C1COCC2(CCOC2)N1. The van der Waals surface area contributed by atoms with Gasteiger partial charge in [-0.15, -0.1) is 0 Å². The Bertz CT molecular complexity index is 225. The number of methoxy groups -OCH3 is 1. The minimum Gasteiger partial charge on any atom is -0.468 e. The lowest BCUT2D eigenvalue weighted by Crippen LogP contribution is -2.62. The Morgan fingerprint density at radius 3 is 2.93 bits per heavy atom. The summed E-state index contributed by atoms with van der Waals surface area (Å²) in [6.07, 6.45) is 0.889. The summed E-state index contributed by atoms with van der Waals surface area (Å²) in [5.41, 5.74) is -0.170. The zero-order valence-corrected chi connectivity index (χ0v) is 8.25. The molecular weight excluding hydrogens is 186 g/mol. The van der Waals surface area contributed by atoms with Crippen molar-refractivity contribution in [3.63, 3.8) is 0 Å². The van der Waals surface area contributed by atoms with Crippen LogP contribution in [0.2, 0.25) is 0 Å². The van der Waals surface area contributed by atoms with Crippen LogP contribution in [0.4, 0.5) is 0 Å². The summed E-state index contributed by atoms with van der Waals surface area (Å²) in [7, 11) is 1.39. The lowest BCUT2D eigenvalue weighted by Gasteiger charge is -2.37. The predicted molar refractivity (Wildman–Crippen MR) is 47.9 cm³/mol. The van der Waals surface area contributed by atoms with Crippen molar-refractivity contribution in [2.45, 2.75) is 18.0 Å². The third-order valence-corrected chi connectivity index (χ3v) is 2.73. The average molecular weight is 201 g/mol. The van der Waals surface area contributed by atoms with Crippen LogP contribution in [0, 0.1) is 0 Å². The minimum atomic E-state index is -0.351. The number of morpholine rings is 1. The molecule has 2 saturated heterocycles. The minimum absolute atomic E-state index is 0.170. The standard InChI is InChI=1S/C9H15NO4/c1-12-8(11)7-4-14-6-9(10-7)2-3-13-5-9/h7,10H,2-6H2,1H3. The van der Waals surface area contributed by atoms with Gasteiger partial charge in [-0.2, -0.15) is 0 Å². The number of esters is 1. The third kappa shape index (κ3) is 1.75. The van der Waals surface area contributed by atoms with Gasteiger partial charge in [0.05, 0.1) is 32.5 Å². The van der Waals surface area contributed by atoms with Gasteiger partial charge in [0.1, 0.15) is 6.04 Å². The summed E-state index contributed by atoms with van der Waals surface area (Å²) in [5.74, 6) is -0.268. The number of hydrogen-bond donors (Lipinski definition) is 1. The van der Waals surface area contributed by atoms with E-state index in [9.17, 15) is 4.79 Å². The molecule has 1 N–H and O–H groups in total. The van der Waals surface area contributed by atoms with Crippen molar-refractivity contribution in [3.8, 4) is 0 Å². The van der Waals surface area contributed by atoms with E-state index >= 15 is 0 Å². The monoisotopic (exact) mass is 201 g/mol. The van der Waals surface area contributed by atoms with Crippen LogP contribution in [0.5, 0.6) is 0 Å². The number of hydrogen-bond acceptors (Lipinski definition) is 5. The second-order valence-electron chi connectivity index (χ2n) is 3.82. The Balaban J connectivity index is 1.99. The fourth-order valence-electron chi connectivity index (χ4n) is 1.93. The molecule has 2 aliphatic rings. The molecule has 5 nitrogen and oxygen atoms in total. The van der Waals surface area contributed by atoms with E-state index in [0.717, 1.165) is 13.0 Å². The Morgan fingerprint density at radius 2 is 2.29 bits per heavy atom. The highest BCUT2D eigenvalue weighted by atomic mass is 16.5. The molecule has 0 bridgehead atoms. The van der Waals surface area contributed by atoms with Gasteiger partial charge in [0.2, 0.25) is 0 Å². The second kappa shape index (κ2) is 3.84. The summed E-state index contributed by atoms with van der Waals surface area (Å²) in [4.78, 5) is 11.3. The zero-order valence-electron chi connectivity index (χ0n) is 8.25. The molecule has 2 fully saturated rings. The number of carbonyl (C=O) groups excluding carboxylic acids is 1. The highest BCUT2D eigenvalue weighted by molar-refractivity contribution is 5.76. The van der Waals surface area contributed by atoms with E-state index in [0.29, 0.717) is 19.8 Å². The van der Waals surface area contributed by atoms with E-state index in [1.54, 1.807) is 0 Å². The van der Waals surface area contributed by atoms with Crippen LogP contribution in [-0.4, -0.2) is 51.1 Å². The quantitative estimate of drug-likeness (QED) is 0.569. The van der Waals surface area contributed by atoms with Gasteiger partial charge in [-0.1, -0.05) is 0 Å². The summed E-state index contributed by atoms with van der Waals surface area (Å²) >= 11 is 0. The van der Waals surface area contributed by atoms with Gasteiger partial charge in [-0.05, 0) is 6.42 Å². The molecule has 80 valence electrons. The van der Waals surface area contributed by atoms with Gasteiger partial charge in [0.25, 0.3) is 0 Å². The Morgan fingerprint density at radius 1 is 1.50 bits per heavy atom. The number of rotatable bonds is 1. The predicted octanol–water partition coefficient (Wildman–Crippen LogP) is -0.693. The number of nitrogens with one attached hydrogen (secondary N) is 1. The first-order valence-electron chi connectivity index (χ1n) is 4.77. The molecule has 0 aromatic heterocycles. The molecule has 14 heavy (non-hydrogen) atoms. The summed E-state index contributed by atoms with van der Waals surface area (Å²) in [6.45, 7) is 2.33. The van der Waals surface area contributed by atoms with Crippen molar-refractivity contribution in [2.24, 2.45) is 0 Å². The molecule has 0 saturated carbocycles. The van der Waals surface area contributed by atoms with E-state index in [4.69, 9.17) is 9.47 Å². The molecule has 2 aliphatic heterocycles. The zero-order chi connectivity index (χ0) is 10.0. The van der Waals surface area contributed by atoms with Crippen LogP contribution >= 0.6 is 0 Å². The molecule has 2 heterocycles. The van der Waals surface area contributed by atoms with Crippen LogP contribution in [0.15, 0.2) is 0 Å². The normalized spacial score (nSPS) is 37.4. The highest BCUT2D eigenvalue weighted by Gasteiger charge is 2.42. The maximum absolute atomic E-state index is 11.3. The van der Waals surface area contributed by atoms with E-state index < -0.39 is 0 Å². The van der Waals surface area contributed by atoms with Gasteiger partial charge < -0.3 is 14.2 Å².